The van der Waals surface area contributed by atoms with Crippen LogP contribution in [0.15, 0.2) is 54.9 Å². The van der Waals surface area contributed by atoms with Crippen molar-refractivity contribution >= 4 is 36.7 Å². The molecule has 0 saturated carbocycles. The lowest BCUT2D eigenvalue weighted by Gasteiger charge is -2.31. The van der Waals surface area contributed by atoms with Crippen LogP contribution < -0.4 is 15.3 Å². The highest BCUT2D eigenvalue weighted by molar-refractivity contribution is 7.52. The van der Waals surface area contributed by atoms with Crippen LogP contribution >= 0.6 is 7.75 Å². The normalized spacial score (nSPS) is 18.4. The molecule has 5 rings (SSSR count). The van der Waals surface area contributed by atoms with Gasteiger partial charge in [0.05, 0.1) is 12.9 Å². The summed E-state index contributed by atoms with van der Waals surface area (Å²) in [5.74, 6) is -0.816. The number of terminal acetylenes is 1. The maximum Gasteiger partial charge on any atom is 0.459 e. The van der Waals surface area contributed by atoms with Crippen molar-refractivity contribution in [3.8, 4) is 18.1 Å². The lowest BCUT2D eigenvalue weighted by molar-refractivity contribution is -0.158. The Morgan fingerprint density at radius 1 is 0.940 bits per heavy atom. The number of nitrogens with two attached hydrogens (primary N) is 1. The van der Waals surface area contributed by atoms with Gasteiger partial charge in [-0.2, -0.15) is 19.4 Å². The summed E-state index contributed by atoms with van der Waals surface area (Å²) in [5.41, 5.74) is 4.08. The number of nitrogen functional groups attached to an aromatic ring is 1. The number of hydrogen-bond donors (Lipinski definition) is 2. The van der Waals surface area contributed by atoms with E-state index in [1.54, 1.807) is 18.2 Å². The minimum Gasteiger partial charge on any atom is -0.464 e. The van der Waals surface area contributed by atoms with Gasteiger partial charge in [0.2, 0.25) is 0 Å². The van der Waals surface area contributed by atoms with E-state index in [0.717, 1.165) is 37.8 Å². The summed E-state index contributed by atoms with van der Waals surface area (Å²) in [6, 6.07) is 9.16. The quantitative estimate of drug-likeness (QED) is 0.0166. The first-order valence-corrected chi connectivity index (χ1v) is 25.2. The Morgan fingerprint density at radius 2 is 1.57 bits per heavy atom. The van der Waals surface area contributed by atoms with Crippen molar-refractivity contribution in [1.29, 1.82) is 0 Å². The minimum atomic E-state index is -4.78. The molecule has 18 heteroatoms. The van der Waals surface area contributed by atoms with Crippen LogP contribution in [0.1, 0.15) is 142 Å². The van der Waals surface area contributed by atoms with E-state index in [4.69, 9.17) is 35.4 Å². The molecule has 0 spiro atoms. The molecule has 5 atom stereocenters. The molecule has 3 heterocycles. The number of carbonyl (C=O) groups excluding carboxylic acids is 2. The SMILES string of the molecule is C#CC1(CO[P@@](=O)(NC(Cc2cc(F)cc(F)c2)C(=O)OCC(CC)CC)Oc2ccccc2)OC(n2cnc3c(N)nc(F)nc32)CC1OC(=O)CCCCCCCCCCCCCCC. The Morgan fingerprint density at radius 3 is 2.18 bits per heavy atom. The Kier molecular flexibility index (Phi) is 21.0. The number of unbranched alkanes of at least 4 members (excludes halogenated alkanes) is 12. The van der Waals surface area contributed by atoms with Crippen molar-refractivity contribution in [2.24, 2.45) is 5.92 Å². The molecule has 4 aromatic rings. The van der Waals surface area contributed by atoms with Gasteiger partial charge in [0.25, 0.3) is 0 Å². The van der Waals surface area contributed by atoms with Crippen molar-refractivity contribution in [3.05, 3.63) is 78.1 Å². The number of halogens is 3. The van der Waals surface area contributed by atoms with Crippen molar-refractivity contribution in [1.82, 2.24) is 24.6 Å². The fraction of sp³-hybridized carbons (Fsp3) is 0.571. The van der Waals surface area contributed by atoms with Gasteiger partial charge >= 0.3 is 25.8 Å². The van der Waals surface area contributed by atoms with Crippen LogP contribution in [0.25, 0.3) is 11.2 Å². The fourth-order valence-corrected chi connectivity index (χ4v) is 9.55. The van der Waals surface area contributed by atoms with Crippen molar-refractivity contribution in [2.75, 3.05) is 18.9 Å². The predicted octanol–water partition coefficient (Wildman–Crippen LogP) is 10.9. The molecule has 366 valence electrons. The van der Waals surface area contributed by atoms with Gasteiger partial charge in [-0.25, -0.2) is 18.3 Å². The minimum absolute atomic E-state index is 0.0129. The first-order valence-electron chi connectivity index (χ1n) is 23.7. The Bertz CT molecular complexity index is 2260. The van der Waals surface area contributed by atoms with Crippen molar-refractivity contribution < 1.29 is 50.6 Å². The molecular formula is C49H66F3N6O8P. The van der Waals surface area contributed by atoms with Crippen LogP contribution in [0, 0.1) is 36.0 Å². The zero-order chi connectivity index (χ0) is 48.2. The number of anilines is 1. The topological polar surface area (TPSA) is 179 Å². The number of para-hydroxylation sites is 1. The van der Waals surface area contributed by atoms with Crippen LogP contribution in [0.3, 0.4) is 0 Å². The molecule has 1 saturated heterocycles. The number of ether oxygens (including phenoxy) is 3. The molecule has 67 heavy (non-hydrogen) atoms. The van der Waals surface area contributed by atoms with E-state index < -0.39 is 74.4 Å². The summed E-state index contributed by atoms with van der Waals surface area (Å²) in [4.78, 5) is 39.0. The summed E-state index contributed by atoms with van der Waals surface area (Å²) >= 11 is 0. The molecule has 3 N–H and O–H groups in total. The highest BCUT2D eigenvalue weighted by Gasteiger charge is 2.53. The molecule has 0 bridgehead atoms. The predicted molar refractivity (Wildman–Crippen MR) is 249 cm³/mol. The third kappa shape index (κ3) is 16.1. The van der Waals surface area contributed by atoms with Gasteiger partial charge in [0.15, 0.2) is 22.6 Å². The van der Waals surface area contributed by atoms with E-state index in [2.05, 4.69) is 32.9 Å². The van der Waals surface area contributed by atoms with E-state index >= 15 is 4.57 Å². The summed E-state index contributed by atoms with van der Waals surface area (Å²) in [5, 5.41) is 2.66. The molecule has 14 nitrogen and oxygen atoms in total. The molecular weight excluding hydrogens is 889 g/mol. The summed E-state index contributed by atoms with van der Waals surface area (Å²) in [7, 11) is -4.78. The number of carbonyl (C=O) groups is 2. The fourth-order valence-electron chi connectivity index (χ4n) is 8.03. The van der Waals surface area contributed by atoms with Gasteiger partial charge in [-0.05, 0) is 48.6 Å². The Labute approximate surface area is 392 Å². The number of imidazole rings is 1. The second-order valence-corrected chi connectivity index (χ2v) is 18.9. The van der Waals surface area contributed by atoms with E-state index in [9.17, 15) is 22.8 Å². The molecule has 1 aliphatic rings. The van der Waals surface area contributed by atoms with Crippen molar-refractivity contribution in [2.45, 2.75) is 160 Å². The number of nitrogens with zero attached hydrogens (tertiary/aromatic N) is 4. The monoisotopic (exact) mass is 954 g/mol. The first-order chi connectivity index (χ1) is 32.3. The molecule has 4 unspecified atom stereocenters. The third-order valence-corrected chi connectivity index (χ3v) is 13.6. The van der Waals surface area contributed by atoms with Crippen LogP contribution in [0.5, 0.6) is 5.75 Å². The van der Waals surface area contributed by atoms with Gasteiger partial charge in [-0.15, -0.1) is 6.42 Å². The average molecular weight is 955 g/mol. The number of fused-ring (bicyclic) bond motifs is 1. The lowest BCUT2D eigenvalue weighted by atomic mass is 9.98. The second kappa shape index (κ2) is 26.5. The van der Waals surface area contributed by atoms with Crippen molar-refractivity contribution in [3.63, 3.8) is 0 Å². The standard InChI is InChI=1S/C49H66F3N6O8P/c1-5-9-10-11-12-13-14-15-16-17-18-19-23-26-43(59)64-41-31-42(58-34-54-44-45(53)55-48(52)56-46(44)58)65-49(41,8-4)33-63-67(61,66-39-24-21-20-22-25-39)57-40(47(60)62-32-35(6-2)7-3)29-36-27-37(50)30-38(51)28-36/h4,20-22,24-25,27-28,30,34-35,40-42H,5-7,9-19,23,26,29,31-33H2,1-3H3,(H,57,61)(H2,53,55,56)/t40?,41?,42?,49?,67-/m0/s1. The van der Waals surface area contributed by atoms with E-state index in [1.165, 1.54) is 74.4 Å². The summed E-state index contributed by atoms with van der Waals surface area (Å²) in [6.45, 7) is 5.38. The zero-order valence-electron chi connectivity index (χ0n) is 38.9. The first kappa shape index (κ1) is 53.0. The maximum atomic E-state index is 15.1. The highest BCUT2D eigenvalue weighted by Crippen LogP contribution is 2.49. The number of benzene rings is 2. The molecule has 1 aliphatic heterocycles. The maximum absolute atomic E-state index is 15.1. The Hall–Kier alpha value is -5.01. The van der Waals surface area contributed by atoms with Gasteiger partial charge in [-0.3, -0.25) is 18.7 Å². The Balaban J connectivity index is 1.36. The van der Waals surface area contributed by atoms with Crippen LogP contribution in [-0.4, -0.2) is 62.4 Å². The number of rotatable bonds is 30. The highest BCUT2D eigenvalue weighted by atomic mass is 31.2. The summed E-state index contributed by atoms with van der Waals surface area (Å²) in [6.07, 6.45) is 19.8. The van der Waals surface area contributed by atoms with E-state index in [0.29, 0.717) is 25.3 Å². The molecule has 1 fully saturated rings. The summed E-state index contributed by atoms with van der Waals surface area (Å²) < 4.78 is 90.0. The van der Waals surface area contributed by atoms with Gasteiger partial charge < -0.3 is 24.5 Å². The smallest absolute Gasteiger partial charge is 0.459 e. The molecule has 2 aromatic carbocycles. The van der Waals surface area contributed by atoms with Crippen LogP contribution in [-0.2, 0) is 39.3 Å². The molecule has 0 aliphatic carbocycles. The zero-order valence-corrected chi connectivity index (χ0v) is 39.8. The number of aromatic nitrogens is 4. The second-order valence-electron chi connectivity index (χ2n) is 17.2. The number of esters is 2. The van der Waals surface area contributed by atoms with Crippen LogP contribution in [0.4, 0.5) is 19.0 Å². The molecule has 0 radical (unpaired) electrons. The van der Waals surface area contributed by atoms with Gasteiger partial charge in [-0.1, -0.05) is 135 Å². The molecule has 0 amide bonds. The average Bonchev–Trinajstić information content (AvgIpc) is 3.89. The van der Waals surface area contributed by atoms with E-state index in [1.807, 2.05) is 13.8 Å². The lowest BCUT2D eigenvalue weighted by Crippen LogP contribution is -2.46. The van der Waals surface area contributed by atoms with Crippen LogP contribution in [0.2, 0.25) is 0 Å². The number of nitrogens with one attached hydrogen (secondary N) is 1. The van der Waals surface area contributed by atoms with Gasteiger partial charge in [0, 0.05) is 18.9 Å². The van der Waals surface area contributed by atoms with E-state index in [-0.39, 0.29) is 53.7 Å². The van der Waals surface area contributed by atoms with Gasteiger partial charge in [0.1, 0.15) is 42.4 Å². The largest absolute Gasteiger partial charge is 0.464 e. The number of hydrogen-bond acceptors (Lipinski definition) is 12. The third-order valence-electron chi connectivity index (χ3n) is 12.0. The molecule has 2 aromatic heterocycles.